The Hall–Kier alpha value is -1.47. The topological polar surface area (TPSA) is 83.5 Å². The average molecular weight is 287 g/mol. The molecule has 0 aromatic heterocycles. The van der Waals surface area contributed by atoms with Crippen LogP contribution in [0.3, 0.4) is 0 Å². The van der Waals surface area contributed by atoms with Gasteiger partial charge in [-0.3, -0.25) is 4.79 Å². The summed E-state index contributed by atoms with van der Waals surface area (Å²) in [4.78, 5) is 10.4. The van der Waals surface area contributed by atoms with Gasteiger partial charge in [0.15, 0.2) is 0 Å². The maximum Gasteiger partial charge on any atom is 0.306 e. The summed E-state index contributed by atoms with van der Waals surface area (Å²) in [5.74, 6) is -2.27. The van der Waals surface area contributed by atoms with E-state index in [2.05, 4.69) is 4.72 Å². The molecule has 2 atom stereocenters. The van der Waals surface area contributed by atoms with E-state index < -0.39 is 38.7 Å². The summed E-state index contributed by atoms with van der Waals surface area (Å²) in [7, 11) is -3.94. The van der Waals surface area contributed by atoms with Gasteiger partial charge >= 0.3 is 5.97 Å². The van der Waals surface area contributed by atoms with Gasteiger partial charge in [-0.2, -0.15) is 0 Å². The Labute approximate surface area is 110 Å². The molecule has 0 radical (unpaired) electrons. The monoisotopic (exact) mass is 287 g/mol. The highest BCUT2D eigenvalue weighted by atomic mass is 32.2. The van der Waals surface area contributed by atoms with Gasteiger partial charge in [0.25, 0.3) is 0 Å². The molecule has 104 valence electrons. The number of halogens is 1. The molecule has 19 heavy (non-hydrogen) atoms. The molecular formula is C12H14FNO4S. The van der Waals surface area contributed by atoms with E-state index in [1.165, 1.54) is 18.2 Å². The summed E-state index contributed by atoms with van der Waals surface area (Å²) < 4.78 is 39.8. The summed E-state index contributed by atoms with van der Waals surface area (Å²) >= 11 is 0. The van der Waals surface area contributed by atoms with Gasteiger partial charge in [0.2, 0.25) is 10.0 Å². The Morgan fingerprint density at radius 1 is 1.32 bits per heavy atom. The average Bonchev–Trinajstić information content (AvgIpc) is 2.77. The van der Waals surface area contributed by atoms with Gasteiger partial charge in [0, 0.05) is 6.04 Å². The maximum atomic E-state index is 13.5. The van der Waals surface area contributed by atoms with Crippen LogP contribution in [0, 0.1) is 11.7 Å². The zero-order valence-electron chi connectivity index (χ0n) is 10.0. The summed E-state index contributed by atoms with van der Waals surface area (Å²) in [5, 5.41) is 8.85. The first-order chi connectivity index (χ1) is 8.90. The number of rotatable bonds is 4. The Morgan fingerprint density at radius 3 is 2.58 bits per heavy atom. The summed E-state index contributed by atoms with van der Waals surface area (Å²) in [5.41, 5.74) is 0. The van der Waals surface area contributed by atoms with E-state index in [4.69, 9.17) is 5.11 Å². The molecule has 0 bridgehead atoms. The Morgan fingerprint density at radius 2 is 2.00 bits per heavy atom. The second-order valence-corrected chi connectivity index (χ2v) is 6.28. The lowest BCUT2D eigenvalue weighted by molar-refractivity contribution is -0.141. The Kier molecular flexibility index (Phi) is 3.86. The fraction of sp³-hybridized carbons (Fsp3) is 0.417. The second-order valence-electron chi connectivity index (χ2n) is 4.60. The molecule has 0 amide bonds. The molecular weight excluding hydrogens is 273 g/mol. The third-order valence-corrected chi connectivity index (χ3v) is 4.78. The summed E-state index contributed by atoms with van der Waals surface area (Å²) in [6.07, 6.45) is 1.12. The fourth-order valence-electron chi connectivity index (χ4n) is 2.26. The summed E-state index contributed by atoms with van der Waals surface area (Å²) in [6.45, 7) is 0. The molecule has 2 N–H and O–H groups in total. The fourth-order valence-corrected chi connectivity index (χ4v) is 3.62. The molecule has 1 fully saturated rings. The van der Waals surface area contributed by atoms with Crippen molar-refractivity contribution in [1.82, 2.24) is 4.72 Å². The van der Waals surface area contributed by atoms with Crippen molar-refractivity contribution in [2.75, 3.05) is 0 Å². The van der Waals surface area contributed by atoms with Gasteiger partial charge in [0.05, 0.1) is 5.92 Å². The number of carbonyl (C=O) groups is 1. The predicted molar refractivity (Wildman–Crippen MR) is 65.5 cm³/mol. The standard InChI is InChI=1S/C12H14FNO4S/c13-10-3-1-2-4-11(10)19(17,18)14-9-6-5-8(7-9)12(15)16/h1-4,8-9,14H,5-7H2,(H,15,16). The molecule has 7 heteroatoms. The minimum atomic E-state index is -3.94. The van der Waals surface area contributed by atoms with Crippen molar-refractivity contribution in [3.05, 3.63) is 30.1 Å². The zero-order chi connectivity index (χ0) is 14.0. The molecule has 1 aromatic rings. The largest absolute Gasteiger partial charge is 0.481 e. The Balaban J connectivity index is 2.11. The quantitative estimate of drug-likeness (QED) is 0.875. The van der Waals surface area contributed by atoms with Crippen LogP contribution in [0.25, 0.3) is 0 Å². The predicted octanol–water partition coefficient (Wildman–Crippen LogP) is 1.36. The zero-order valence-corrected chi connectivity index (χ0v) is 10.9. The van der Waals surface area contributed by atoms with Crippen LogP contribution in [-0.4, -0.2) is 25.5 Å². The van der Waals surface area contributed by atoms with Crippen molar-refractivity contribution in [3.8, 4) is 0 Å². The van der Waals surface area contributed by atoms with E-state index in [-0.39, 0.29) is 6.42 Å². The van der Waals surface area contributed by atoms with Gasteiger partial charge in [-0.1, -0.05) is 12.1 Å². The van der Waals surface area contributed by atoms with Gasteiger partial charge in [-0.25, -0.2) is 17.5 Å². The Bertz CT molecular complexity index is 587. The minimum absolute atomic E-state index is 0.239. The molecule has 0 spiro atoms. The second kappa shape index (κ2) is 5.26. The van der Waals surface area contributed by atoms with Gasteiger partial charge < -0.3 is 5.11 Å². The number of aliphatic carboxylic acids is 1. The highest BCUT2D eigenvalue weighted by molar-refractivity contribution is 7.89. The number of nitrogens with one attached hydrogen (secondary N) is 1. The van der Waals surface area contributed by atoms with Crippen LogP contribution >= 0.6 is 0 Å². The van der Waals surface area contributed by atoms with Gasteiger partial charge in [-0.05, 0) is 31.4 Å². The third kappa shape index (κ3) is 3.10. The molecule has 1 aliphatic rings. The molecule has 2 unspecified atom stereocenters. The van der Waals surface area contributed by atoms with Crippen molar-refractivity contribution in [2.24, 2.45) is 5.92 Å². The number of carboxylic acids is 1. The first kappa shape index (κ1) is 14.0. The highest BCUT2D eigenvalue weighted by Crippen LogP contribution is 2.27. The van der Waals surface area contributed by atoms with E-state index in [9.17, 15) is 17.6 Å². The molecule has 5 nitrogen and oxygen atoms in total. The van der Waals surface area contributed by atoms with E-state index in [1.54, 1.807) is 0 Å². The van der Waals surface area contributed by atoms with Crippen molar-refractivity contribution in [3.63, 3.8) is 0 Å². The van der Waals surface area contributed by atoms with E-state index in [0.29, 0.717) is 12.8 Å². The number of carboxylic acid groups (broad SMARTS) is 1. The highest BCUT2D eigenvalue weighted by Gasteiger charge is 2.33. The molecule has 1 saturated carbocycles. The number of benzene rings is 1. The molecule has 0 aliphatic heterocycles. The van der Waals surface area contributed by atoms with E-state index >= 15 is 0 Å². The van der Waals surface area contributed by atoms with Gasteiger partial charge in [0.1, 0.15) is 10.7 Å². The number of sulfonamides is 1. The molecule has 0 saturated heterocycles. The lowest BCUT2D eigenvalue weighted by atomic mass is 10.1. The van der Waals surface area contributed by atoms with E-state index in [0.717, 1.165) is 6.07 Å². The van der Waals surface area contributed by atoms with Crippen molar-refractivity contribution >= 4 is 16.0 Å². The maximum absolute atomic E-state index is 13.5. The molecule has 1 aliphatic carbocycles. The first-order valence-corrected chi connectivity index (χ1v) is 7.38. The molecule has 0 heterocycles. The smallest absolute Gasteiger partial charge is 0.306 e. The number of hydrogen-bond acceptors (Lipinski definition) is 3. The van der Waals surface area contributed by atoms with Crippen LogP contribution in [0.4, 0.5) is 4.39 Å². The van der Waals surface area contributed by atoms with Crippen LogP contribution in [0.15, 0.2) is 29.2 Å². The molecule has 1 aromatic carbocycles. The van der Waals surface area contributed by atoms with Crippen LogP contribution in [-0.2, 0) is 14.8 Å². The van der Waals surface area contributed by atoms with Crippen LogP contribution in [0.2, 0.25) is 0 Å². The van der Waals surface area contributed by atoms with Gasteiger partial charge in [-0.15, -0.1) is 0 Å². The summed E-state index contributed by atoms with van der Waals surface area (Å²) in [6, 6.07) is 4.65. The minimum Gasteiger partial charge on any atom is -0.481 e. The van der Waals surface area contributed by atoms with Crippen molar-refractivity contribution < 1.29 is 22.7 Å². The first-order valence-electron chi connectivity index (χ1n) is 5.90. The van der Waals surface area contributed by atoms with E-state index in [1.807, 2.05) is 0 Å². The van der Waals surface area contributed by atoms with Crippen molar-refractivity contribution in [1.29, 1.82) is 0 Å². The third-order valence-electron chi connectivity index (χ3n) is 3.23. The van der Waals surface area contributed by atoms with Crippen LogP contribution in [0.5, 0.6) is 0 Å². The number of hydrogen-bond donors (Lipinski definition) is 2. The lowest BCUT2D eigenvalue weighted by Crippen LogP contribution is -2.33. The SMILES string of the molecule is O=C(O)C1CCC(NS(=O)(=O)c2ccccc2F)C1. The van der Waals surface area contributed by atoms with Crippen LogP contribution in [0.1, 0.15) is 19.3 Å². The van der Waals surface area contributed by atoms with Crippen molar-refractivity contribution in [2.45, 2.75) is 30.2 Å². The lowest BCUT2D eigenvalue weighted by Gasteiger charge is -2.13. The van der Waals surface area contributed by atoms with Crippen LogP contribution < -0.4 is 4.72 Å². The normalized spacial score (nSPS) is 23.4. The molecule has 2 rings (SSSR count).